The Kier molecular flexibility index (Phi) is 31.8. The number of hydrogen-bond acceptors (Lipinski definition) is 0. The Balaban J connectivity index is -0.000000218. The third-order valence-electron chi connectivity index (χ3n) is 2.31. The Labute approximate surface area is 120 Å². The summed E-state index contributed by atoms with van der Waals surface area (Å²) in [6.07, 6.45) is 24.9. The third kappa shape index (κ3) is 31.3. The fourth-order valence-electron chi connectivity index (χ4n) is 1.28. The standard InChI is InChI=1S/2C8H13.Cu/c2*1-3-5-7-8-6-4-2;/h2*3,5-8H2,1H3;/q2*-1;+2. The minimum absolute atomic E-state index is 0. The molecular formula is C16H26Cu. The molecular weight excluding hydrogens is 256 g/mol. The Morgan fingerprint density at radius 3 is 1.24 bits per heavy atom. The van der Waals surface area contributed by atoms with Crippen molar-refractivity contribution in [3.05, 3.63) is 12.8 Å². The fourth-order valence-corrected chi connectivity index (χ4v) is 1.28. The molecule has 0 amide bonds. The van der Waals surface area contributed by atoms with Crippen LogP contribution in [0.15, 0.2) is 0 Å². The van der Waals surface area contributed by atoms with E-state index in [4.69, 9.17) is 12.8 Å². The van der Waals surface area contributed by atoms with Crippen molar-refractivity contribution in [3.8, 4) is 11.8 Å². The van der Waals surface area contributed by atoms with Crippen LogP contribution in [0.1, 0.15) is 78.1 Å². The molecule has 0 heterocycles. The summed E-state index contributed by atoms with van der Waals surface area (Å²) in [5.41, 5.74) is 0. The molecule has 0 aromatic heterocycles. The maximum Gasteiger partial charge on any atom is 2.00 e. The van der Waals surface area contributed by atoms with Crippen LogP contribution in [-0.4, -0.2) is 0 Å². The van der Waals surface area contributed by atoms with Crippen LogP contribution in [0, 0.1) is 24.7 Å². The fraction of sp³-hybridized carbons (Fsp3) is 0.750. The van der Waals surface area contributed by atoms with E-state index in [1.54, 1.807) is 0 Å². The summed E-state index contributed by atoms with van der Waals surface area (Å²) in [7, 11) is 0. The van der Waals surface area contributed by atoms with Crippen molar-refractivity contribution in [2.45, 2.75) is 78.1 Å². The molecule has 0 saturated heterocycles. The zero-order valence-electron chi connectivity index (χ0n) is 11.4. The van der Waals surface area contributed by atoms with Gasteiger partial charge in [-0.1, -0.05) is 52.4 Å². The van der Waals surface area contributed by atoms with Gasteiger partial charge in [0.2, 0.25) is 0 Å². The first kappa shape index (κ1) is 21.9. The Morgan fingerprint density at radius 1 is 0.647 bits per heavy atom. The van der Waals surface area contributed by atoms with E-state index in [1.807, 2.05) is 0 Å². The summed E-state index contributed by atoms with van der Waals surface area (Å²) in [6, 6.07) is 0. The second kappa shape index (κ2) is 24.7. The summed E-state index contributed by atoms with van der Waals surface area (Å²) < 4.78 is 0. The van der Waals surface area contributed by atoms with Gasteiger partial charge >= 0.3 is 17.1 Å². The topological polar surface area (TPSA) is 0 Å². The van der Waals surface area contributed by atoms with Crippen LogP contribution in [-0.2, 0) is 17.1 Å². The first-order chi connectivity index (χ1) is 7.83. The van der Waals surface area contributed by atoms with Gasteiger partial charge in [0.05, 0.1) is 0 Å². The van der Waals surface area contributed by atoms with E-state index in [0.29, 0.717) is 0 Å². The van der Waals surface area contributed by atoms with Crippen LogP contribution in [0.5, 0.6) is 0 Å². The van der Waals surface area contributed by atoms with Crippen molar-refractivity contribution >= 4 is 0 Å². The second-order valence-corrected chi connectivity index (χ2v) is 3.97. The van der Waals surface area contributed by atoms with E-state index in [2.05, 4.69) is 25.7 Å². The predicted octanol–water partition coefficient (Wildman–Crippen LogP) is 5.09. The zero-order chi connectivity index (χ0) is 12.5. The largest absolute Gasteiger partial charge is 2.00 e. The molecule has 0 nitrogen and oxygen atoms in total. The smallest absolute Gasteiger partial charge is 0.694 e. The molecule has 0 saturated carbocycles. The Bertz CT molecular complexity index is 161. The molecule has 101 valence electrons. The van der Waals surface area contributed by atoms with E-state index in [1.165, 1.54) is 38.5 Å². The van der Waals surface area contributed by atoms with Gasteiger partial charge in [0.1, 0.15) is 0 Å². The van der Waals surface area contributed by atoms with Crippen molar-refractivity contribution < 1.29 is 17.1 Å². The molecule has 0 aromatic carbocycles. The van der Waals surface area contributed by atoms with Gasteiger partial charge in [-0.05, 0) is 25.7 Å². The maximum atomic E-state index is 6.59. The van der Waals surface area contributed by atoms with Gasteiger partial charge in [-0.2, -0.15) is 0 Å². The van der Waals surface area contributed by atoms with Crippen molar-refractivity contribution in [2.75, 3.05) is 0 Å². The summed E-state index contributed by atoms with van der Waals surface area (Å²) in [6.45, 7) is 4.38. The summed E-state index contributed by atoms with van der Waals surface area (Å²) >= 11 is 0. The van der Waals surface area contributed by atoms with Crippen molar-refractivity contribution in [1.82, 2.24) is 0 Å². The van der Waals surface area contributed by atoms with E-state index in [-0.39, 0.29) is 17.1 Å². The molecule has 0 aliphatic heterocycles. The molecule has 0 atom stereocenters. The zero-order valence-corrected chi connectivity index (χ0v) is 12.3. The molecule has 0 aliphatic rings. The van der Waals surface area contributed by atoms with Crippen LogP contribution >= 0.6 is 0 Å². The van der Waals surface area contributed by atoms with Crippen LogP contribution < -0.4 is 0 Å². The Hall–Kier alpha value is -0.361. The molecule has 0 spiro atoms. The second-order valence-electron chi connectivity index (χ2n) is 3.97. The molecule has 17 heavy (non-hydrogen) atoms. The van der Waals surface area contributed by atoms with E-state index >= 15 is 0 Å². The molecule has 0 rings (SSSR count). The number of rotatable bonds is 8. The van der Waals surface area contributed by atoms with Gasteiger partial charge in [-0.3, -0.25) is 0 Å². The van der Waals surface area contributed by atoms with Gasteiger partial charge in [0.15, 0.2) is 0 Å². The summed E-state index contributed by atoms with van der Waals surface area (Å²) in [4.78, 5) is 0. The molecule has 0 unspecified atom stereocenters. The maximum absolute atomic E-state index is 6.59. The van der Waals surface area contributed by atoms with E-state index in [9.17, 15) is 0 Å². The van der Waals surface area contributed by atoms with Crippen molar-refractivity contribution in [3.63, 3.8) is 0 Å². The normalized spacial score (nSPS) is 8.00. The summed E-state index contributed by atoms with van der Waals surface area (Å²) in [5, 5.41) is 0. The molecule has 0 aliphatic carbocycles. The van der Waals surface area contributed by atoms with Crippen LogP contribution in [0.25, 0.3) is 0 Å². The molecule has 0 aromatic rings. The van der Waals surface area contributed by atoms with Crippen LogP contribution in [0.3, 0.4) is 0 Å². The van der Waals surface area contributed by atoms with Gasteiger partial charge < -0.3 is 24.7 Å². The van der Waals surface area contributed by atoms with Gasteiger partial charge in [-0.25, -0.2) is 0 Å². The third-order valence-corrected chi connectivity index (χ3v) is 2.31. The molecule has 1 heteroatoms. The average molecular weight is 282 g/mol. The van der Waals surface area contributed by atoms with Gasteiger partial charge in [0, 0.05) is 0 Å². The van der Waals surface area contributed by atoms with Crippen molar-refractivity contribution in [2.24, 2.45) is 0 Å². The Morgan fingerprint density at radius 2 is 1.00 bits per heavy atom. The minimum Gasteiger partial charge on any atom is -0.694 e. The minimum atomic E-state index is 0. The van der Waals surface area contributed by atoms with Crippen molar-refractivity contribution in [1.29, 1.82) is 0 Å². The number of hydrogen-bond donors (Lipinski definition) is 0. The van der Waals surface area contributed by atoms with Crippen LogP contribution in [0.4, 0.5) is 0 Å². The SMILES string of the molecule is [C-]#CCCCCCC.[C-]#CCCCCCC.[Cu+2]. The molecule has 0 fully saturated rings. The first-order valence-electron chi connectivity index (χ1n) is 6.62. The first-order valence-corrected chi connectivity index (χ1v) is 6.62. The van der Waals surface area contributed by atoms with E-state index < -0.39 is 0 Å². The predicted molar refractivity (Wildman–Crippen MR) is 71.8 cm³/mol. The van der Waals surface area contributed by atoms with E-state index in [0.717, 1.165) is 25.7 Å². The molecule has 0 bridgehead atoms. The van der Waals surface area contributed by atoms with Gasteiger partial charge in [-0.15, -0.1) is 0 Å². The van der Waals surface area contributed by atoms with Gasteiger partial charge in [0.25, 0.3) is 0 Å². The summed E-state index contributed by atoms with van der Waals surface area (Å²) in [5.74, 6) is 4.75. The molecule has 0 N–H and O–H groups in total. The molecule has 1 radical (unpaired) electrons. The monoisotopic (exact) mass is 281 g/mol. The number of unbranched alkanes of at least 4 members (excludes halogenated alkanes) is 8. The quantitative estimate of drug-likeness (QED) is 0.252. The van der Waals surface area contributed by atoms with Crippen LogP contribution in [0.2, 0.25) is 0 Å². The average Bonchev–Trinajstić information content (AvgIpc) is 2.31.